The van der Waals surface area contributed by atoms with E-state index in [-0.39, 0.29) is 11.6 Å². The number of H-pyrrole nitrogens is 1. The summed E-state index contributed by atoms with van der Waals surface area (Å²) in [6.07, 6.45) is 0. The van der Waals surface area contributed by atoms with Crippen molar-refractivity contribution in [3.63, 3.8) is 0 Å². The van der Waals surface area contributed by atoms with Crippen molar-refractivity contribution in [3.8, 4) is 11.5 Å². The SMILES string of the molecule is COc1ccc(CN2CCN([C@H](C)c3nc4ccccc4c(=O)[nH]3)CC2)cc1OC. The van der Waals surface area contributed by atoms with Crippen molar-refractivity contribution in [2.45, 2.75) is 19.5 Å². The lowest BCUT2D eigenvalue weighted by molar-refractivity contribution is 0.0947. The van der Waals surface area contributed by atoms with Gasteiger partial charge in [-0.1, -0.05) is 18.2 Å². The molecule has 2 heterocycles. The number of aromatic nitrogens is 2. The van der Waals surface area contributed by atoms with E-state index >= 15 is 0 Å². The summed E-state index contributed by atoms with van der Waals surface area (Å²) in [7, 11) is 3.31. The van der Waals surface area contributed by atoms with Gasteiger partial charge in [0.25, 0.3) is 5.56 Å². The highest BCUT2D eigenvalue weighted by atomic mass is 16.5. The molecule has 1 saturated heterocycles. The number of hydrogen-bond acceptors (Lipinski definition) is 6. The lowest BCUT2D eigenvalue weighted by Crippen LogP contribution is -2.47. The number of methoxy groups -OCH3 is 2. The maximum Gasteiger partial charge on any atom is 0.258 e. The molecule has 7 nitrogen and oxygen atoms in total. The number of fused-ring (bicyclic) bond motifs is 1. The minimum absolute atomic E-state index is 0.0607. The topological polar surface area (TPSA) is 70.7 Å². The van der Waals surface area contributed by atoms with E-state index in [1.54, 1.807) is 14.2 Å². The summed E-state index contributed by atoms with van der Waals surface area (Å²) < 4.78 is 10.7. The van der Waals surface area contributed by atoms with E-state index < -0.39 is 0 Å². The van der Waals surface area contributed by atoms with Crippen LogP contribution in [0.15, 0.2) is 47.3 Å². The van der Waals surface area contributed by atoms with Crippen molar-refractivity contribution in [1.82, 2.24) is 19.8 Å². The first kappa shape index (κ1) is 20.4. The second kappa shape index (κ2) is 8.85. The quantitative estimate of drug-likeness (QED) is 0.676. The first-order chi connectivity index (χ1) is 14.6. The smallest absolute Gasteiger partial charge is 0.258 e. The Labute approximate surface area is 176 Å². The molecule has 0 spiro atoms. The van der Waals surface area contributed by atoms with E-state index in [9.17, 15) is 4.79 Å². The fourth-order valence-corrected chi connectivity index (χ4v) is 4.02. The summed E-state index contributed by atoms with van der Waals surface area (Å²) in [6.45, 7) is 6.73. The molecule has 30 heavy (non-hydrogen) atoms. The molecule has 158 valence electrons. The number of rotatable bonds is 6. The van der Waals surface area contributed by atoms with E-state index in [0.717, 1.165) is 55.6 Å². The molecule has 0 aliphatic carbocycles. The molecule has 3 aromatic rings. The van der Waals surface area contributed by atoms with Gasteiger partial charge in [0, 0.05) is 32.7 Å². The van der Waals surface area contributed by atoms with Gasteiger partial charge in [0.05, 0.1) is 31.2 Å². The molecule has 0 amide bonds. The molecule has 0 bridgehead atoms. The number of piperazine rings is 1. The Bertz CT molecular complexity index is 1070. The Hall–Kier alpha value is -2.90. The number of nitrogens with one attached hydrogen (secondary N) is 1. The van der Waals surface area contributed by atoms with Gasteiger partial charge in [-0.25, -0.2) is 4.98 Å². The van der Waals surface area contributed by atoms with Crippen LogP contribution in [0.3, 0.4) is 0 Å². The van der Waals surface area contributed by atoms with Crippen molar-refractivity contribution in [1.29, 1.82) is 0 Å². The van der Waals surface area contributed by atoms with Crippen LogP contribution in [0.25, 0.3) is 10.9 Å². The summed E-state index contributed by atoms with van der Waals surface area (Å²) in [5.74, 6) is 2.23. The predicted octanol–water partition coefficient (Wildman–Crippen LogP) is 2.82. The van der Waals surface area contributed by atoms with Gasteiger partial charge < -0.3 is 14.5 Å². The van der Waals surface area contributed by atoms with Gasteiger partial charge in [0.15, 0.2) is 11.5 Å². The van der Waals surface area contributed by atoms with Crippen molar-refractivity contribution in [3.05, 3.63) is 64.2 Å². The molecule has 7 heteroatoms. The zero-order chi connectivity index (χ0) is 21.1. The van der Waals surface area contributed by atoms with Gasteiger partial charge in [0.1, 0.15) is 5.82 Å². The first-order valence-corrected chi connectivity index (χ1v) is 10.3. The molecular weight excluding hydrogens is 380 g/mol. The fourth-order valence-electron chi connectivity index (χ4n) is 4.02. The molecule has 2 aromatic carbocycles. The Morgan fingerprint density at radius 3 is 2.50 bits per heavy atom. The number of hydrogen-bond donors (Lipinski definition) is 1. The monoisotopic (exact) mass is 408 g/mol. The van der Waals surface area contributed by atoms with E-state index in [1.165, 1.54) is 5.56 Å². The minimum atomic E-state index is -0.0745. The third-order valence-electron chi connectivity index (χ3n) is 5.84. The Morgan fingerprint density at radius 1 is 1.03 bits per heavy atom. The maximum atomic E-state index is 12.4. The Balaban J connectivity index is 1.40. The van der Waals surface area contributed by atoms with Gasteiger partial charge in [-0.2, -0.15) is 0 Å². The zero-order valence-electron chi connectivity index (χ0n) is 17.7. The van der Waals surface area contributed by atoms with Crippen LogP contribution >= 0.6 is 0 Å². The highest BCUT2D eigenvalue weighted by molar-refractivity contribution is 5.77. The highest BCUT2D eigenvalue weighted by Gasteiger charge is 2.24. The van der Waals surface area contributed by atoms with Crippen LogP contribution in [-0.2, 0) is 6.54 Å². The normalized spacial score (nSPS) is 16.5. The van der Waals surface area contributed by atoms with Crippen LogP contribution in [0.5, 0.6) is 11.5 Å². The van der Waals surface area contributed by atoms with Crippen LogP contribution in [-0.4, -0.2) is 60.2 Å². The molecule has 0 radical (unpaired) electrons. The molecular formula is C23H28N4O3. The van der Waals surface area contributed by atoms with Crippen LogP contribution in [0, 0.1) is 0 Å². The lowest BCUT2D eigenvalue weighted by Gasteiger charge is -2.37. The van der Waals surface area contributed by atoms with Crippen LogP contribution in [0.2, 0.25) is 0 Å². The number of ether oxygens (including phenoxy) is 2. The van der Waals surface area contributed by atoms with Gasteiger partial charge in [-0.05, 0) is 36.8 Å². The van der Waals surface area contributed by atoms with Gasteiger partial charge in [0.2, 0.25) is 0 Å². The van der Waals surface area contributed by atoms with Crippen molar-refractivity contribution in [2.24, 2.45) is 0 Å². The average molecular weight is 409 g/mol. The summed E-state index contributed by atoms with van der Waals surface area (Å²) in [6, 6.07) is 13.6. The van der Waals surface area contributed by atoms with Gasteiger partial charge >= 0.3 is 0 Å². The second-order valence-electron chi connectivity index (χ2n) is 7.65. The van der Waals surface area contributed by atoms with Crippen LogP contribution in [0.4, 0.5) is 0 Å². The molecule has 1 N–H and O–H groups in total. The van der Waals surface area contributed by atoms with E-state index in [4.69, 9.17) is 14.5 Å². The minimum Gasteiger partial charge on any atom is -0.493 e. The molecule has 1 atom stereocenters. The Kier molecular flexibility index (Phi) is 6.01. The third kappa shape index (κ3) is 4.17. The van der Waals surface area contributed by atoms with Gasteiger partial charge in [-0.15, -0.1) is 0 Å². The van der Waals surface area contributed by atoms with E-state index in [1.807, 2.05) is 36.4 Å². The van der Waals surface area contributed by atoms with Crippen LogP contribution < -0.4 is 15.0 Å². The van der Waals surface area contributed by atoms with Crippen molar-refractivity contribution in [2.75, 3.05) is 40.4 Å². The number of aromatic amines is 1. The predicted molar refractivity (Wildman–Crippen MR) is 117 cm³/mol. The summed E-state index contributed by atoms with van der Waals surface area (Å²) in [5.41, 5.74) is 1.87. The molecule has 1 aliphatic heterocycles. The summed E-state index contributed by atoms with van der Waals surface area (Å²) in [4.78, 5) is 24.9. The van der Waals surface area contributed by atoms with Gasteiger partial charge in [-0.3, -0.25) is 14.6 Å². The molecule has 1 aliphatic rings. The average Bonchev–Trinajstić information content (AvgIpc) is 2.79. The maximum absolute atomic E-state index is 12.4. The molecule has 1 aromatic heterocycles. The van der Waals surface area contributed by atoms with E-state index in [2.05, 4.69) is 27.8 Å². The van der Waals surface area contributed by atoms with Crippen molar-refractivity contribution >= 4 is 10.9 Å². The fraction of sp³-hybridized carbons (Fsp3) is 0.391. The first-order valence-electron chi connectivity index (χ1n) is 10.3. The van der Waals surface area contributed by atoms with Crippen LogP contribution in [0.1, 0.15) is 24.4 Å². The standard InChI is InChI=1S/C23H28N4O3/c1-16(22-24-19-7-5-4-6-18(19)23(28)25-22)27-12-10-26(11-13-27)15-17-8-9-20(29-2)21(14-17)30-3/h4-9,14,16H,10-13,15H2,1-3H3,(H,24,25,28)/t16-/m1/s1. The number of nitrogens with zero attached hydrogens (tertiary/aromatic N) is 3. The Morgan fingerprint density at radius 2 is 1.77 bits per heavy atom. The lowest BCUT2D eigenvalue weighted by atomic mass is 10.1. The summed E-state index contributed by atoms with van der Waals surface area (Å²) >= 11 is 0. The second-order valence-corrected chi connectivity index (χ2v) is 7.65. The largest absolute Gasteiger partial charge is 0.493 e. The number of benzene rings is 2. The molecule has 0 unspecified atom stereocenters. The summed E-state index contributed by atoms with van der Waals surface area (Å²) in [5, 5.41) is 0.633. The highest BCUT2D eigenvalue weighted by Crippen LogP contribution is 2.28. The molecule has 0 saturated carbocycles. The molecule has 1 fully saturated rings. The third-order valence-corrected chi connectivity index (χ3v) is 5.84. The van der Waals surface area contributed by atoms with Crippen molar-refractivity contribution < 1.29 is 9.47 Å². The number of para-hydroxylation sites is 1. The van der Waals surface area contributed by atoms with E-state index in [0.29, 0.717) is 5.39 Å². The molecule has 4 rings (SSSR count). The zero-order valence-corrected chi connectivity index (χ0v) is 17.7.